The molecule has 1 atom stereocenters. The summed E-state index contributed by atoms with van der Waals surface area (Å²) in [5.41, 5.74) is 2.98. The second kappa shape index (κ2) is 11.2. The number of hydrogen-bond acceptors (Lipinski definition) is 7. The van der Waals surface area contributed by atoms with Gasteiger partial charge in [0, 0.05) is 26.2 Å². The van der Waals surface area contributed by atoms with E-state index in [1.165, 1.54) is 6.42 Å². The van der Waals surface area contributed by atoms with Crippen LogP contribution >= 0.6 is 0 Å². The van der Waals surface area contributed by atoms with Crippen LogP contribution in [0.4, 0.5) is 5.82 Å². The molecule has 7 nitrogen and oxygen atoms in total. The van der Waals surface area contributed by atoms with Crippen LogP contribution in [-0.4, -0.2) is 53.1 Å². The van der Waals surface area contributed by atoms with Crippen molar-refractivity contribution in [1.82, 2.24) is 14.9 Å². The number of carbonyl (C=O) groups is 1. The molecule has 184 valence electrons. The zero-order valence-corrected chi connectivity index (χ0v) is 20.4. The molecule has 1 saturated carbocycles. The third-order valence-corrected chi connectivity index (χ3v) is 6.94. The Morgan fingerprint density at radius 3 is 2.31 bits per heavy atom. The maximum absolute atomic E-state index is 13.1. The van der Waals surface area contributed by atoms with Gasteiger partial charge in [-0.15, -0.1) is 0 Å². The highest BCUT2D eigenvalue weighted by Gasteiger charge is 2.32. The van der Waals surface area contributed by atoms with Gasteiger partial charge in [0.2, 0.25) is 0 Å². The van der Waals surface area contributed by atoms with Crippen molar-refractivity contribution in [2.45, 2.75) is 44.1 Å². The molecular weight excluding hydrogens is 450 g/mol. The van der Waals surface area contributed by atoms with Crippen LogP contribution in [0.5, 0.6) is 0 Å². The normalized spacial score (nSPS) is 17.8. The van der Waals surface area contributed by atoms with Crippen molar-refractivity contribution in [1.29, 1.82) is 5.26 Å². The lowest BCUT2D eigenvalue weighted by Gasteiger charge is -2.35. The zero-order chi connectivity index (χ0) is 24.7. The molecule has 0 bridgehead atoms. The minimum Gasteiger partial charge on any atom is -0.461 e. The number of hydrogen-bond donors (Lipinski definition) is 0. The number of anilines is 1. The first-order valence-corrected chi connectivity index (χ1v) is 12.8. The second-order valence-electron chi connectivity index (χ2n) is 9.43. The van der Waals surface area contributed by atoms with E-state index in [1.807, 2.05) is 42.5 Å². The first-order valence-electron chi connectivity index (χ1n) is 12.8. The van der Waals surface area contributed by atoms with E-state index in [1.54, 1.807) is 0 Å². The first kappa shape index (κ1) is 23.8. The van der Waals surface area contributed by atoms with Crippen molar-refractivity contribution in [2.75, 3.05) is 31.1 Å². The highest BCUT2D eigenvalue weighted by atomic mass is 16.5. The fourth-order valence-electron chi connectivity index (χ4n) is 4.91. The molecule has 1 aliphatic heterocycles. The van der Waals surface area contributed by atoms with E-state index in [0.29, 0.717) is 17.0 Å². The summed E-state index contributed by atoms with van der Waals surface area (Å²) in [7, 11) is 0. The van der Waals surface area contributed by atoms with Crippen LogP contribution in [0, 0.1) is 11.3 Å². The van der Waals surface area contributed by atoms with Gasteiger partial charge in [-0.3, -0.25) is 4.79 Å². The van der Waals surface area contributed by atoms with Gasteiger partial charge in [0.05, 0.1) is 17.1 Å². The van der Waals surface area contributed by atoms with E-state index in [0.717, 1.165) is 62.9 Å². The molecule has 1 saturated heterocycles. The number of nitrogens with zero attached hydrogens (tertiary/aromatic N) is 5. The summed E-state index contributed by atoms with van der Waals surface area (Å²) in [5, 5.41) is 10.0. The maximum Gasteiger partial charge on any atom is 0.329 e. The van der Waals surface area contributed by atoms with E-state index in [9.17, 15) is 10.1 Å². The van der Waals surface area contributed by atoms with Crippen molar-refractivity contribution in [3.8, 4) is 6.07 Å². The quantitative estimate of drug-likeness (QED) is 0.463. The van der Waals surface area contributed by atoms with E-state index >= 15 is 0 Å². The molecule has 0 spiro atoms. The van der Waals surface area contributed by atoms with Crippen molar-refractivity contribution in [2.24, 2.45) is 0 Å². The number of benzene rings is 2. The van der Waals surface area contributed by atoms with Gasteiger partial charge in [0.1, 0.15) is 11.8 Å². The van der Waals surface area contributed by atoms with Gasteiger partial charge in [0.15, 0.2) is 11.7 Å². The summed E-state index contributed by atoms with van der Waals surface area (Å²) in [6.07, 6.45) is 9.13. The molecule has 0 amide bonds. The summed E-state index contributed by atoms with van der Waals surface area (Å²) in [4.78, 5) is 27.2. The average molecular weight is 482 g/mol. The van der Waals surface area contributed by atoms with Crippen LogP contribution in [0.3, 0.4) is 0 Å². The second-order valence-corrected chi connectivity index (χ2v) is 9.43. The lowest BCUT2D eigenvalue weighted by Crippen LogP contribution is -2.45. The SMILES string of the molecule is N#CC(C(=O)OC1CCCCC1)c1nc2ccccc2nc1N1CCN(C=Cc2ccccc2)CC1. The maximum atomic E-state index is 13.1. The molecule has 2 fully saturated rings. The Labute approximate surface area is 212 Å². The number of esters is 1. The molecule has 36 heavy (non-hydrogen) atoms. The predicted molar refractivity (Wildman–Crippen MR) is 140 cm³/mol. The van der Waals surface area contributed by atoms with E-state index in [-0.39, 0.29) is 6.10 Å². The Bertz CT molecular complexity index is 1260. The number of aromatic nitrogens is 2. The number of carbonyl (C=O) groups excluding carboxylic acids is 1. The van der Waals surface area contributed by atoms with Crippen LogP contribution < -0.4 is 4.90 Å². The van der Waals surface area contributed by atoms with Crippen LogP contribution in [0.2, 0.25) is 0 Å². The van der Waals surface area contributed by atoms with Crippen LogP contribution in [0.1, 0.15) is 49.3 Å². The molecule has 0 N–H and O–H groups in total. The van der Waals surface area contributed by atoms with Gasteiger partial charge in [-0.1, -0.05) is 48.9 Å². The summed E-state index contributed by atoms with van der Waals surface area (Å²) in [5.74, 6) is -1.01. The third kappa shape index (κ3) is 5.49. The topological polar surface area (TPSA) is 82.3 Å². The summed E-state index contributed by atoms with van der Waals surface area (Å²) in [6.45, 7) is 3.05. The Balaban J connectivity index is 1.37. The van der Waals surface area contributed by atoms with Gasteiger partial charge in [-0.2, -0.15) is 5.26 Å². The highest BCUT2D eigenvalue weighted by molar-refractivity contribution is 5.85. The summed E-state index contributed by atoms with van der Waals surface area (Å²) < 4.78 is 5.78. The van der Waals surface area contributed by atoms with E-state index in [2.05, 4.69) is 40.3 Å². The monoisotopic (exact) mass is 481 g/mol. The standard InChI is InChI=1S/C29H31N5O2/c30-21-24(29(35)36-23-11-5-2-6-12-23)27-28(32-26-14-8-7-13-25(26)31-27)34-19-17-33(18-20-34)16-15-22-9-3-1-4-10-22/h1,3-4,7-10,13-16,23-24H,2,5-6,11-12,17-20H2. The highest BCUT2D eigenvalue weighted by Crippen LogP contribution is 2.30. The Morgan fingerprint density at radius 2 is 1.61 bits per heavy atom. The zero-order valence-electron chi connectivity index (χ0n) is 20.4. The van der Waals surface area contributed by atoms with Crippen molar-refractivity contribution < 1.29 is 9.53 Å². The van der Waals surface area contributed by atoms with Gasteiger partial charge >= 0.3 is 5.97 Å². The lowest BCUT2D eigenvalue weighted by molar-refractivity contribution is -0.150. The van der Waals surface area contributed by atoms with Gasteiger partial charge in [-0.25, -0.2) is 9.97 Å². The fourth-order valence-corrected chi connectivity index (χ4v) is 4.91. The lowest BCUT2D eigenvalue weighted by atomic mass is 9.97. The molecule has 1 unspecified atom stereocenters. The van der Waals surface area contributed by atoms with E-state index in [4.69, 9.17) is 14.7 Å². The van der Waals surface area contributed by atoms with Crippen molar-refractivity contribution in [3.63, 3.8) is 0 Å². The van der Waals surface area contributed by atoms with Crippen LogP contribution in [-0.2, 0) is 9.53 Å². The first-order chi connectivity index (χ1) is 17.7. The van der Waals surface area contributed by atoms with Crippen molar-refractivity contribution in [3.05, 3.63) is 72.1 Å². The van der Waals surface area contributed by atoms with Gasteiger partial charge in [-0.05, 0) is 55.7 Å². The molecule has 3 aromatic rings. The number of fused-ring (bicyclic) bond motifs is 1. The molecule has 2 aromatic carbocycles. The van der Waals surface area contributed by atoms with Gasteiger partial charge < -0.3 is 14.5 Å². The fraction of sp³-hybridized carbons (Fsp3) is 0.379. The minimum absolute atomic E-state index is 0.112. The van der Waals surface area contributed by atoms with Gasteiger partial charge in [0.25, 0.3) is 0 Å². The average Bonchev–Trinajstić information content (AvgIpc) is 2.93. The number of ether oxygens (including phenoxy) is 1. The van der Waals surface area contributed by atoms with Crippen LogP contribution in [0.15, 0.2) is 60.8 Å². The number of rotatable bonds is 6. The van der Waals surface area contributed by atoms with Crippen molar-refractivity contribution >= 4 is 28.9 Å². The molecule has 0 radical (unpaired) electrons. The molecular formula is C29H31N5O2. The predicted octanol–water partition coefficient (Wildman–Crippen LogP) is 4.91. The third-order valence-electron chi connectivity index (χ3n) is 6.94. The summed E-state index contributed by atoms with van der Waals surface area (Å²) >= 11 is 0. The number of nitriles is 1. The molecule has 1 aliphatic carbocycles. The molecule has 5 rings (SSSR count). The minimum atomic E-state index is -1.10. The Morgan fingerprint density at radius 1 is 0.944 bits per heavy atom. The molecule has 2 aliphatic rings. The smallest absolute Gasteiger partial charge is 0.329 e. The molecule has 1 aromatic heterocycles. The number of piperazine rings is 1. The van der Waals surface area contributed by atoms with E-state index < -0.39 is 11.9 Å². The molecule has 7 heteroatoms. The Kier molecular flexibility index (Phi) is 7.41. The summed E-state index contributed by atoms with van der Waals surface area (Å²) in [6, 6.07) is 20.0. The molecule has 2 heterocycles. The Hall–Kier alpha value is -3.92. The van der Waals surface area contributed by atoms with Crippen LogP contribution in [0.25, 0.3) is 17.1 Å². The number of para-hydroxylation sites is 2. The largest absolute Gasteiger partial charge is 0.461 e.